The van der Waals surface area contributed by atoms with Crippen molar-refractivity contribution >= 4 is 0 Å². The Morgan fingerprint density at radius 3 is 2.67 bits per heavy atom. The van der Waals surface area contributed by atoms with E-state index in [0.717, 1.165) is 6.42 Å². The van der Waals surface area contributed by atoms with Gasteiger partial charge in [0.05, 0.1) is 7.11 Å². The molecular formula is C15H20N2O4. The lowest BCUT2D eigenvalue weighted by atomic mass is 10.0. The number of nitrogens with zero attached hydrogens (tertiary/aromatic N) is 2. The first-order valence-electron chi connectivity index (χ1n) is 6.89. The molecule has 0 fully saturated rings. The second-order valence-electron chi connectivity index (χ2n) is 4.83. The van der Waals surface area contributed by atoms with Crippen molar-refractivity contribution in [1.82, 2.24) is 10.1 Å². The Balaban J connectivity index is 2.33. The van der Waals surface area contributed by atoms with Gasteiger partial charge in [0.1, 0.15) is 5.60 Å². The van der Waals surface area contributed by atoms with Gasteiger partial charge in [0, 0.05) is 12.2 Å². The van der Waals surface area contributed by atoms with Gasteiger partial charge in [0.15, 0.2) is 11.5 Å². The molecule has 6 heteroatoms. The summed E-state index contributed by atoms with van der Waals surface area (Å²) in [6.07, 6.45) is 0.730. The first-order valence-corrected chi connectivity index (χ1v) is 6.89. The van der Waals surface area contributed by atoms with Crippen molar-refractivity contribution in [2.45, 2.75) is 32.8 Å². The van der Waals surface area contributed by atoms with Gasteiger partial charge >= 0.3 is 0 Å². The summed E-state index contributed by atoms with van der Waals surface area (Å²) >= 11 is 0. The molecule has 21 heavy (non-hydrogen) atoms. The van der Waals surface area contributed by atoms with Crippen molar-refractivity contribution in [2.24, 2.45) is 0 Å². The molecule has 0 aliphatic heterocycles. The Morgan fingerprint density at radius 2 is 2.10 bits per heavy atom. The van der Waals surface area contributed by atoms with Gasteiger partial charge in [-0.25, -0.2) is 0 Å². The number of aromatic nitrogens is 2. The lowest BCUT2D eigenvalue weighted by Crippen LogP contribution is -2.26. The van der Waals surface area contributed by atoms with Gasteiger partial charge in [-0.15, -0.1) is 0 Å². The van der Waals surface area contributed by atoms with Crippen LogP contribution in [-0.2, 0) is 10.3 Å². The van der Waals surface area contributed by atoms with Gasteiger partial charge in [-0.2, -0.15) is 4.98 Å². The number of phenols is 1. The van der Waals surface area contributed by atoms with E-state index in [1.54, 1.807) is 12.1 Å². The first-order chi connectivity index (χ1) is 10.0. The lowest BCUT2D eigenvalue weighted by molar-refractivity contribution is -0.0403. The summed E-state index contributed by atoms with van der Waals surface area (Å²) in [4.78, 5) is 4.38. The molecule has 0 aliphatic carbocycles. The molecule has 0 saturated carbocycles. The molecule has 0 spiro atoms. The highest BCUT2D eigenvalue weighted by molar-refractivity contribution is 5.59. The van der Waals surface area contributed by atoms with E-state index in [2.05, 4.69) is 10.1 Å². The molecule has 0 aliphatic rings. The average molecular weight is 292 g/mol. The minimum absolute atomic E-state index is 0.0258. The maximum absolute atomic E-state index is 9.81. The van der Waals surface area contributed by atoms with Crippen molar-refractivity contribution in [3.63, 3.8) is 0 Å². The van der Waals surface area contributed by atoms with Crippen LogP contribution in [0.4, 0.5) is 0 Å². The average Bonchev–Trinajstić information content (AvgIpc) is 2.97. The zero-order chi connectivity index (χ0) is 15.5. The predicted molar refractivity (Wildman–Crippen MR) is 77.2 cm³/mol. The standard InChI is InChI=1S/C15H20N2O4/c1-5-15(3,20-6-2)14-16-13(21-17-14)10-7-8-12(19-4)11(18)9-10/h7-9,18H,5-6H2,1-4H3. The maximum atomic E-state index is 9.81. The fraction of sp³-hybridized carbons (Fsp3) is 0.467. The monoisotopic (exact) mass is 292 g/mol. The highest BCUT2D eigenvalue weighted by Gasteiger charge is 2.31. The Hall–Kier alpha value is -2.08. The van der Waals surface area contributed by atoms with E-state index in [-0.39, 0.29) is 5.75 Å². The molecular weight excluding hydrogens is 272 g/mol. The van der Waals surface area contributed by atoms with Crippen LogP contribution in [0.5, 0.6) is 11.5 Å². The number of ether oxygens (including phenoxy) is 2. The molecule has 114 valence electrons. The lowest BCUT2D eigenvalue weighted by Gasteiger charge is -2.23. The normalized spacial score (nSPS) is 13.9. The number of methoxy groups -OCH3 is 1. The molecule has 0 amide bonds. The predicted octanol–water partition coefficient (Wildman–Crippen LogP) is 3.11. The number of phenolic OH excluding ortho intramolecular Hbond substituents is 1. The van der Waals surface area contributed by atoms with E-state index in [4.69, 9.17) is 14.0 Å². The van der Waals surface area contributed by atoms with Crippen LogP contribution in [0.1, 0.15) is 33.0 Å². The second kappa shape index (κ2) is 6.13. The van der Waals surface area contributed by atoms with Crippen LogP contribution in [0.2, 0.25) is 0 Å². The van der Waals surface area contributed by atoms with Crippen molar-refractivity contribution in [3.05, 3.63) is 24.0 Å². The van der Waals surface area contributed by atoms with Gasteiger partial charge in [-0.05, 0) is 38.5 Å². The summed E-state index contributed by atoms with van der Waals surface area (Å²) in [5.74, 6) is 1.25. The van der Waals surface area contributed by atoms with Gasteiger partial charge in [-0.1, -0.05) is 12.1 Å². The van der Waals surface area contributed by atoms with Gasteiger partial charge in [0.25, 0.3) is 5.89 Å². The number of aromatic hydroxyl groups is 1. The summed E-state index contributed by atoms with van der Waals surface area (Å²) in [5.41, 5.74) is 0.0485. The van der Waals surface area contributed by atoms with Crippen LogP contribution >= 0.6 is 0 Å². The molecule has 0 saturated heterocycles. The SMILES string of the molecule is CCOC(C)(CC)c1noc(-c2ccc(OC)c(O)c2)n1. The molecule has 1 N–H and O–H groups in total. The van der Waals surface area contributed by atoms with E-state index in [9.17, 15) is 5.11 Å². The quantitative estimate of drug-likeness (QED) is 0.881. The summed E-state index contributed by atoms with van der Waals surface area (Å²) in [7, 11) is 1.49. The van der Waals surface area contributed by atoms with E-state index in [1.807, 2.05) is 20.8 Å². The van der Waals surface area contributed by atoms with Crippen LogP contribution in [0.3, 0.4) is 0 Å². The maximum Gasteiger partial charge on any atom is 0.258 e. The largest absolute Gasteiger partial charge is 0.504 e. The van der Waals surface area contributed by atoms with Crippen LogP contribution in [0, 0.1) is 0 Å². The number of rotatable bonds is 6. The topological polar surface area (TPSA) is 77.6 Å². The molecule has 1 heterocycles. The minimum atomic E-state index is -0.578. The fourth-order valence-electron chi connectivity index (χ4n) is 2.02. The van der Waals surface area contributed by atoms with Crippen molar-refractivity contribution in [2.75, 3.05) is 13.7 Å². The fourth-order valence-corrected chi connectivity index (χ4v) is 2.02. The Bertz CT molecular complexity index is 611. The van der Waals surface area contributed by atoms with Crippen LogP contribution in [0.15, 0.2) is 22.7 Å². The van der Waals surface area contributed by atoms with Crippen LogP contribution in [-0.4, -0.2) is 29.0 Å². The van der Waals surface area contributed by atoms with E-state index in [1.165, 1.54) is 13.2 Å². The van der Waals surface area contributed by atoms with Gasteiger partial charge in [-0.3, -0.25) is 0 Å². The molecule has 6 nitrogen and oxygen atoms in total. The second-order valence-corrected chi connectivity index (χ2v) is 4.83. The van der Waals surface area contributed by atoms with Crippen LogP contribution in [0.25, 0.3) is 11.5 Å². The highest BCUT2D eigenvalue weighted by atomic mass is 16.5. The summed E-state index contributed by atoms with van der Waals surface area (Å²) < 4.78 is 16.0. The molecule has 1 atom stereocenters. The Morgan fingerprint density at radius 1 is 1.33 bits per heavy atom. The third-order valence-corrected chi connectivity index (χ3v) is 3.46. The molecule has 2 rings (SSSR count). The molecule has 1 aromatic heterocycles. The summed E-state index contributed by atoms with van der Waals surface area (Å²) in [6.45, 7) is 6.43. The smallest absolute Gasteiger partial charge is 0.258 e. The Labute approximate surface area is 123 Å². The van der Waals surface area contributed by atoms with Gasteiger partial charge in [0.2, 0.25) is 5.82 Å². The molecule has 2 aromatic rings. The van der Waals surface area contributed by atoms with Crippen molar-refractivity contribution < 1.29 is 19.1 Å². The number of hydrogen-bond donors (Lipinski definition) is 1. The highest BCUT2D eigenvalue weighted by Crippen LogP contribution is 2.32. The molecule has 1 aromatic carbocycles. The molecule has 0 radical (unpaired) electrons. The minimum Gasteiger partial charge on any atom is -0.504 e. The van der Waals surface area contributed by atoms with Crippen LogP contribution < -0.4 is 4.74 Å². The molecule has 1 unspecified atom stereocenters. The first kappa shape index (κ1) is 15.3. The number of hydrogen-bond acceptors (Lipinski definition) is 6. The third kappa shape index (κ3) is 3.00. The van der Waals surface area contributed by atoms with Crippen molar-refractivity contribution in [3.8, 4) is 23.0 Å². The van der Waals surface area contributed by atoms with E-state index in [0.29, 0.717) is 29.6 Å². The summed E-state index contributed by atoms with van der Waals surface area (Å²) in [6, 6.07) is 4.93. The summed E-state index contributed by atoms with van der Waals surface area (Å²) in [5, 5.41) is 13.8. The van der Waals surface area contributed by atoms with Crippen molar-refractivity contribution in [1.29, 1.82) is 0 Å². The van der Waals surface area contributed by atoms with Gasteiger partial charge < -0.3 is 19.1 Å². The molecule has 0 bridgehead atoms. The number of benzene rings is 1. The zero-order valence-corrected chi connectivity index (χ0v) is 12.7. The Kier molecular flexibility index (Phi) is 4.47. The van der Waals surface area contributed by atoms with E-state index >= 15 is 0 Å². The third-order valence-electron chi connectivity index (χ3n) is 3.46. The van der Waals surface area contributed by atoms with E-state index < -0.39 is 5.60 Å². The zero-order valence-electron chi connectivity index (χ0n) is 12.7.